The third-order valence-corrected chi connectivity index (χ3v) is 3.36. The van der Waals surface area contributed by atoms with Gasteiger partial charge >= 0.3 is 0 Å². The van der Waals surface area contributed by atoms with Gasteiger partial charge in [0, 0.05) is 26.1 Å². The van der Waals surface area contributed by atoms with Crippen LogP contribution in [0.5, 0.6) is 0 Å². The highest BCUT2D eigenvalue weighted by Gasteiger charge is 2.23. The molecule has 1 saturated heterocycles. The van der Waals surface area contributed by atoms with Crippen molar-refractivity contribution in [1.82, 2.24) is 4.90 Å². The van der Waals surface area contributed by atoms with Gasteiger partial charge in [-0.05, 0) is 18.6 Å². The van der Waals surface area contributed by atoms with E-state index in [4.69, 9.17) is 11.5 Å². The molecule has 0 radical (unpaired) electrons. The maximum Gasteiger partial charge on any atom is 0.250 e. The molecule has 1 aromatic rings. The first-order valence-corrected chi connectivity index (χ1v) is 6.18. The molecule has 0 aromatic heterocycles. The van der Waals surface area contributed by atoms with Crippen molar-refractivity contribution < 1.29 is 9.59 Å². The molecule has 102 valence electrons. The quantitative estimate of drug-likeness (QED) is 0.686. The van der Waals surface area contributed by atoms with Crippen LogP contribution in [0.3, 0.4) is 0 Å². The Morgan fingerprint density at radius 2 is 2.21 bits per heavy atom. The summed E-state index contributed by atoms with van der Waals surface area (Å²) in [6.07, 6.45) is 1.27. The first-order chi connectivity index (χ1) is 8.99. The topological polar surface area (TPSA) is 101 Å². The number of carbonyl (C=O) groups excluding carboxylic acids is 2. The van der Waals surface area contributed by atoms with Crippen molar-refractivity contribution in [2.24, 2.45) is 5.73 Å². The van der Waals surface area contributed by atoms with Crippen LogP contribution in [-0.2, 0) is 4.79 Å². The number of benzene rings is 1. The fraction of sp³-hybridized carbons (Fsp3) is 0.385. The number of carbonyl (C=O) groups is 2. The predicted octanol–water partition coefficient (Wildman–Crippen LogP) is 0.400. The van der Waals surface area contributed by atoms with Gasteiger partial charge in [-0.25, -0.2) is 0 Å². The summed E-state index contributed by atoms with van der Waals surface area (Å²) >= 11 is 0. The zero-order valence-corrected chi connectivity index (χ0v) is 10.8. The number of amides is 2. The summed E-state index contributed by atoms with van der Waals surface area (Å²) in [4.78, 5) is 24.3. The number of likely N-dealkylation sites (N-methyl/N-ethyl adjacent to an activating group) is 1. The van der Waals surface area contributed by atoms with Crippen molar-refractivity contribution >= 4 is 23.2 Å². The van der Waals surface area contributed by atoms with Crippen molar-refractivity contribution in [1.29, 1.82) is 0 Å². The van der Waals surface area contributed by atoms with Gasteiger partial charge in [0.1, 0.15) is 0 Å². The highest BCUT2D eigenvalue weighted by atomic mass is 16.2. The Hall–Kier alpha value is -2.24. The number of hydrogen-bond donors (Lipinski definition) is 3. The number of hydrogen-bond acceptors (Lipinski definition) is 4. The van der Waals surface area contributed by atoms with Gasteiger partial charge in [0.05, 0.1) is 16.9 Å². The first kappa shape index (κ1) is 13.2. The van der Waals surface area contributed by atoms with Crippen LogP contribution in [0.1, 0.15) is 23.2 Å². The lowest BCUT2D eigenvalue weighted by molar-refractivity contribution is -0.132. The second-order valence-electron chi connectivity index (χ2n) is 4.79. The molecule has 6 nitrogen and oxygen atoms in total. The lowest BCUT2D eigenvalue weighted by atomic mass is 10.0. The second kappa shape index (κ2) is 5.17. The number of rotatable bonds is 3. The Morgan fingerprint density at radius 1 is 1.47 bits per heavy atom. The van der Waals surface area contributed by atoms with Gasteiger partial charge in [-0.2, -0.15) is 0 Å². The fourth-order valence-corrected chi connectivity index (χ4v) is 2.26. The van der Waals surface area contributed by atoms with Gasteiger partial charge in [-0.15, -0.1) is 0 Å². The zero-order chi connectivity index (χ0) is 14.0. The summed E-state index contributed by atoms with van der Waals surface area (Å²) in [5.74, 6) is -0.394. The fourth-order valence-electron chi connectivity index (χ4n) is 2.26. The van der Waals surface area contributed by atoms with Gasteiger partial charge in [0.15, 0.2) is 0 Å². The molecule has 0 spiro atoms. The number of nitrogens with two attached hydrogens (primary N) is 2. The zero-order valence-electron chi connectivity index (χ0n) is 10.8. The van der Waals surface area contributed by atoms with Gasteiger partial charge in [-0.1, -0.05) is 6.07 Å². The molecular weight excluding hydrogens is 244 g/mol. The van der Waals surface area contributed by atoms with E-state index in [9.17, 15) is 9.59 Å². The molecule has 6 heteroatoms. The summed E-state index contributed by atoms with van der Waals surface area (Å²) in [7, 11) is 1.78. The Kier molecular flexibility index (Phi) is 3.59. The van der Waals surface area contributed by atoms with Crippen LogP contribution < -0.4 is 16.8 Å². The molecular formula is C13H18N4O2. The Morgan fingerprint density at radius 3 is 2.84 bits per heavy atom. The van der Waals surface area contributed by atoms with Crippen LogP contribution in [0, 0.1) is 0 Å². The van der Waals surface area contributed by atoms with Gasteiger partial charge < -0.3 is 21.7 Å². The SMILES string of the molecule is CN1CC(Nc2cccc(C(N)=O)c2N)CCC1=O. The molecule has 5 N–H and O–H groups in total. The van der Waals surface area contributed by atoms with E-state index in [1.807, 2.05) is 0 Å². The maximum absolute atomic E-state index is 11.4. The highest BCUT2D eigenvalue weighted by Crippen LogP contribution is 2.25. The van der Waals surface area contributed by atoms with E-state index in [0.29, 0.717) is 29.9 Å². The molecule has 1 atom stereocenters. The Labute approximate surface area is 111 Å². The third kappa shape index (κ3) is 2.78. The van der Waals surface area contributed by atoms with E-state index in [2.05, 4.69) is 5.32 Å². The Balaban J connectivity index is 2.13. The van der Waals surface area contributed by atoms with E-state index in [1.165, 1.54) is 0 Å². The monoisotopic (exact) mass is 262 g/mol. The molecule has 1 aliphatic heterocycles. The molecule has 1 heterocycles. The van der Waals surface area contributed by atoms with Crippen molar-refractivity contribution in [2.75, 3.05) is 24.6 Å². The normalized spacial score (nSPS) is 19.3. The van der Waals surface area contributed by atoms with Crippen molar-refractivity contribution in [3.8, 4) is 0 Å². The van der Waals surface area contributed by atoms with Crippen molar-refractivity contribution in [3.63, 3.8) is 0 Å². The number of piperidine rings is 1. The molecule has 2 rings (SSSR count). The lowest BCUT2D eigenvalue weighted by Crippen LogP contribution is -2.43. The molecule has 2 amide bonds. The van der Waals surface area contributed by atoms with Gasteiger partial charge in [0.2, 0.25) is 5.91 Å². The van der Waals surface area contributed by atoms with Crippen molar-refractivity contribution in [3.05, 3.63) is 23.8 Å². The van der Waals surface area contributed by atoms with Gasteiger partial charge in [-0.3, -0.25) is 9.59 Å². The lowest BCUT2D eigenvalue weighted by Gasteiger charge is -2.31. The molecule has 1 fully saturated rings. The number of nitrogen functional groups attached to an aromatic ring is 1. The van der Waals surface area contributed by atoms with Crippen LogP contribution >= 0.6 is 0 Å². The van der Waals surface area contributed by atoms with Crippen LogP contribution in [-0.4, -0.2) is 36.3 Å². The molecule has 0 saturated carbocycles. The van der Waals surface area contributed by atoms with Gasteiger partial charge in [0.25, 0.3) is 5.91 Å². The average molecular weight is 262 g/mol. The number of primary amides is 1. The number of anilines is 2. The van der Waals surface area contributed by atoms with E-state index in [1.54, 1.807) is 30.1 Å². The minimum Gasteiger partial charge on any atom is -0.396 e. The summed E-state index contributed by atoms with van der Waals surface area (Å²) in [5, 5.41) is 3.27. The smallest absolute Gasteiger partial charge is 0.250 e. The summed E-state index contributed by atoms with van der Waals surface area (Å²) in [6, 6.07) is 5.27. The average Bonchev–Trinajstić information content (AvgIpc) is 2.36. The maximum atomic E-state index is 11.4. The van der Waals surface area contributed by atoms with Crippen LogP contribution in [0.4, 0.5) is 11.4 Å². The first-order valence-electron chi connectivity index (χ1n) is 6.18. The molecule has 1 aliphatic rings. The summed E-state index contributed by atoms with van der Waals surface area (Å²) < 4.78 is 0. The minimum atomic E-state index is -0.544. The van der Waals surface area contributed by atoms with Crippen LogP contribution in [0.15, 0.2) is 18.2 Å². The van der Waals surface area contributed by atoms with E-state index >= 15 is 0 Å². The molecule has 0 bridgehead atoms. The number of nitrogens with zero attached hydrogens (tertiary/aromatic N) is 1. The Bertz CT molecular complexity index is 515. The minimum absolute atomic E-state index is 0.133. The number of nitrogens with one attached hydrogen (secondary N) is 1. The van der Waals surface area contributed by atoms with Crippen LogP contribution in [0.25, 0.3) is 0 Å². The standard InChI is InChI=1S/C13H18N4O2/c1-17-7-8(5-6-11(17)18)16-10-4-2-3-9(12(10)14)13(15)19/h2-4,8,16H,5-7,14H2,1H3,(H2,15,19). The molecule has 0 aliphatic carbocycles. The number of likely N-dealkylation sites (tertiary alicyclic amines) is 1. The van der Waals surface area contributed by atoms with E-state index in [-0.39, 0.29) is 11.9 Å². The second-order valence-corrected chi connectivity index (χ2v) is 4.79. The van der Waals surface area contributed by atoms with Crippen LogP contribution in [0.2, 0.25) is 0 Å². The molecule has 1 unspecified atom stereocenters. The van der Waals surface area contributed by atoms with E-state index in [0.717, 1.165) is 6.42 Å². The highest BCUT2D eigenvalue weighted by molar-refractivity contribution is 6.00. The summed E-state index contributed by atoms with van der Waals surface area (Å²) in [5.41, 5.74) is 12.5. The molecule has 19 heavy (non-hydrogen) atoms. The van der Waals surface area contributed by atoms with E-state index < -0.39 is 5.91 Å². The number of para-hydroxylation sites is 1. The van der Waals surface area contributed by atoms with Crippen molar-refractivity contribution in [2.45, 2.75) is 18.9 Å². The predicted molar refractivity (Wildman–Crippen MR) is 73.7 cm³/mol. The largest absolute Gasteiger partial charge is 0.396 e. The third-order valence-electron chi connectivity index (χ3n) is 3.36. The summed E-state index contributed by atoms with van der Waals surface area (Å²) in [6.45, 7) is 0.624. The molecule has 1 aromatic carbocycles.